The lowest BCUT2D eigenvalue weighted by Gasteiger charge is -2.25. The predicted molar refractivity (Wildman–Crippen MR) is 123 cm³/mol. The van der Waals surface area contributed by atoms with Crippen molar-refractivity contribution >= 4 is 39.8 Å². The summed E-state index contributed by atoms with van der Waals surface area (Å²) in [6, 6.07) is 9.82. The van der Waals surface area contributed by atoms with Gasteiger partial charge < -0.3 is 9.47 Å². The normalized spacial score (nSPS) is 12.5. The van der Waals surface area contributed by atoms with Gasteiger partial charge in [0.05, 0.1) is 35.9 Å². The van der Waals surface area contributed by atoms with Gasteiger partial charge in [-0.25, -0.2) is 9.97 Å². The number of likely N-dealkylation sites (N-methyl/N-ethyl adjacent to an activating group) is 1. The van der Waals surface area contributed by atoms with Crippen LogP contribution >= 0.6 is 23.1 Å². The second kappa shape index (κ2) is 10.3. The maximum Gasteiger partial charge on any atom is 0.183 e. The Morgan fingerprint density at radius 1 is 1.23 bits per heavy atom. The first kappa shape index (κ1) is 22.7. The van der Waals surface area contributed by atoms with Crippen LogP contribution in [-0.2, 0) is 4.74 Å². The lowest BCUT2D eigenvalue weighted by atomic mass is 10.2. The summed E-state index contributed by atoms with van der Waals surface area (Å²) in [6.07, 6.45) is 0. The number of hydrogen-bond acceptors (Lipinski definition) is 8. The fourth-order valence-corrected chi connectivity index (χ4v) is 5.25. The molecule has 0 spiro atoms. The molecular weight excluding hydrogens is 418 g/mol. The van der Waals surface area contributed by atoms with E-state index in [0.717, 1.165) is 38.0 Å². The van der Waals surface area contributed by atoms with Gasteiger partial charge in [-0.1, -0.05) is 18.7 Å². The van der Waals surface area contributed by atoms with Crippen molar-refractivity contribution in [1.82, 2.24) is 14.9 Å². The van der Waals surface area contributed by atoms with Crippen molar-refractivity contribution in [3.8, 4) is 5.75 Å². The molecule has 0 radical (unpaired) electrons. The van der Waals surface area contributed by atoms with Crippen LogP contribution in [0.25, 0.3) is 10.9 Å². The molecule has 0 aliphatic heterocycles. The zero-order valence-electron chi connectivity index (χ0n) is 18.0. The molecule has 1 unspecified atom stereocenters. The van der Waals surface area contributed by atoms with E-state index in [1.807, 2.05) is 37.3 Å². The number of carbonyl (C=O) groups excluding carboxylic acids is 1. The van der Waals surface area contributed by atoms with Crippen molar-refractivity contribution in [2.75, 3.05) is 40.2 Å². The second-order valence-corrected chi connectivity index (χ2v) is 9.00. The third kappa shape index (κ3) is 5.18. The number of methoxy groups -OCH3 is 2. The zero-order valence-corrected chi connectivity index (χ0v) is 19.6. The number of fused-ring (bicyclic) bond motifs is 1. The minimum Gasteiger partial charge on any atom is -0.497 e. The van der Waals surface area contributed by atoms with Crippen molar-refractivity contribution in [2.45, 2.75) is 24.9 Å². The standard InChI is InChI=1S/C22H27N3O3S2/c1-6-25(3)18(12-27-4)20-9-10-21(30-20)19(26)13-29-22-16-11-15(28-5)7-8-17(16)23-14(2)24-22/h7-11,18H,6,12-13H2,1-5H3. The maximum atomic E-state index is 12.9. The molecule has 3 rings (SSSR count). The van der Waals surface area contributed by atoms with Crippen molar-refractivity contribution < 1.29 is 14.3 Å². The highest BCUT2D eigenvalue weighted by Gasteiger charge is 2.20. The van der Waals surface area contributed by atoms with Crippen LogP contribution in [0, 0.1) is 6.92 Å². The largest absolute Gasteiger partial charge is 0.497 e. The number of Topliss-reactive ketones (excluding diaryl/α,β-unsaturated/α-hetero) is 1. The highest BCUT2D eigenvalue weighted by Crippen LogP contribution is 2.31. The Hall–Kier alpha value is -2.00. The smallest absolute Gasteiger partial charge is 0.183 e. The van der Waals surface area contributed by atoms with Gasteiger partial charge >= 0.3 is 0 Å². The van der Waals surface area contributed by atoms with E-state index in [0.29, 0.717) is 18.2 Å². The molecule has 0 aliphatic rings. The molecule has 0 aliphatic carbocycles. The number of rotatable bonds is 10. The highest BCUT2D eigenvalue weighted by atomic mass is 32.2. The third-order valence-electron chi connectivity index (χ3n) is 4.91. The molecule has 0 saturated heterocycles. The summed E-state index contributed by atoms with van der Waals surface area (Å²) >= 11 is 2.98. The minimum absolute atomic E-state index is 0.0962. The molecule has 0 fully saturated rings. The van der Waals surface area contributed by atoms with Gasteiger partial charge in [-0.05, 0) is 50.8 Å². The number of hydrogen-bond donors (Lipinski definition) is 0. The van der Waals surface area contributed by atoms with Gasteiger partial charge in [0.2, 0.25) is 0 Å². The molecular formula is C22H27N3O3S2. The van der Waals surface area contributed by atoms with Gasteiger partial charge in [-0.3, -0.25) is 9.69 Å². The van der Waals surface area contributed by atoms with Gasteiger partial charge in [-0.15, -0.1) is 11.3 Å². The lowest BCUT2D eigenvalue weighted by Crippen LogP contribution is -2.27. The van der Waals surface area contributed by atoms with Crippen molar-refractivity contribution in [3.05, 3.63) is 45.9 Å². The fraction of sp³-hybridized carbons (Fsp3) is 0.409. The Labute approximate surface area is 185 Å². The number of aromatic nitrogens is 2. The molecule has 1 aromatic carbocycles. The van der Waals surface area contributed by atoms with E-state index in [4.69, 9.17) is 9.47 Å². The number of ketones is 1. The van der Waals surface area contributed by atoms with Gasteiger partial charge in [0.15, 0.2) is 5.78 Å². The van der Waals surface area contributed by atoms with E-state index in [1.54, 1.807) is 25.6 Å². The predicted octanol–water partition coefficient (Wildman–Crippen LogP) is 4.62. The van der Waals surface area contributed by atoms with Crippen molar-refractivity contribution in [3.63, 3.8) is 0 Å². The first-order valence-electron chi connectivity index (χ1n) is 9.74. The number of nitrogens with zero attached hydrogens (tertiary/aromatic N) is 3. The first-order valence-corrected chi connectivity index (χ1v) is 11.5. The number of thioether (sulfide) groups is 1. The van der Waals surface area contributed by atoms with Crippen LogP contribution in [0.4, 0.5) is 0 Å². The molecule has 160 valence electrons. The Kier molecular flexibility index (Phi) is 7.82. The van der Waals surface area contributed by atoms with Crippen LogP contribution in [-0.4, -0.2) is 60.8 Å². The topological polar surface area (TPSA) is 64.5 Å². The molecule has 2 heterocycles. The summed E-state index contributed by atoms with van der Waals surface area (Å²) in [5.41, 5.74) is 0.849. The summed E-state index contributed by atoms with van der Waals surface area (Å²) in [5, 5.41) is 1.69. The lowest BCUT2D eigenvalue weighted by molar-refractivity contribution is 0.102. The van der Waals surface area contributed by atoms with Crippen LogP contribution < -0.4 is 4.74 Å². The fourth-order valence-electron chi connectivity index (χ4n) is 3.12. The Morgan fingerprint density at radius 3 is 2.73 bits per heavy atom. The number of benzene rings is 1. The maximum absolute atomic E-state index is 12.9. The summed E-state index contributed by atoms with van der Waals surface area (Å²) in [6.45, 7) is 5.49. The minimum atomic E-state index is 0.0962. The van der Waals surface area contributed by atoms with Crippen LogP contribution in [0.5, 0.6) is 5.75 Å². The van der Waals surface area contributed by atoms with E-state index in [-0.39, 0.29) is 11.8 Å². The molecule has 2 aromatic heterocycles. The van der Waals surface area contributed by atoms with Crippen LogP contribution in [0.3, 0.4) is 0 Å². The average Bonchev–Trinajstić information content (AvgIpc) is 3.24. The van der Waals surface area contributed by atoms with E-state index >= 15 is 0 Å². The number of aryl methyl sites for hydroxylation is 1. The zero-order chi connectivity index (χ0) is 21.7. The van der Waals surface area contributed by atoms with Crippen LogP contribution in [0.2, 0.25) is 0 Å². The monoisotopic (exact) mass is 445 g/mol. The van der Waals surface area contributed by atoms with E-state index in [2.05, 4.69) is 28.8 Å². The summed E-state index contributed by atoms with van der Waals surface area (Å²) < 4.78 is 10.7. The summed E-state index contributed by atoms with van der Waals surface area (Å²) in [5.74, 6) is 1.85. The van der Waals surface area contributed by atoms with Gasteiger partial charge in [0, 0.05) is 17.4 Å². The Morgan fingerprint density at radius 2 is 2.03 bits per heavy atom. The van der Waals surface area contributed by atoms with Crippen LogP contribution in [0.15, 0.2) is 35.4 Å². The Bertz CT molecular complexity index is 1020. The molecule has 0 saturated carbocycles. The summed E-state index contributed by atoms with van der Waals surface area (Å²) in [7, 11) is 5.40. The van der Waals surface area contributed by atoms with E-state index < -0.39 is 0 Å². The second-order valence-electron chi connectivity index (χ2n) is 6.92. The van der Waals surface area contributed by atoms with Crippen molar-refractivity contribution in [2.24, 2.45) is 0 Å². The molecule has 1 atom stereocenters. The van der Waals surface area contributed by atoms with Gasteiger partial charge in [0.1, 0.15) is 16.6 Å². The molecule has 8 heteroatoms. The SMILES string of the molecule is CCN(C)C(COC)c1ccc(C(=O)CSc2nc(C)nc3ccc(OC)cc23)s1. The van der Waals surface area contributed by atoms with Gasteiger partial charge in [-0.2, -0.15) is 0 Å². The molecule has 0 amide bonds. The Balaban J connectivity index is 1.77. The number of thiophene rings is 1. The van der Waals surface area contributed by atoms with Crippen LogP contribution in [0.1, 0.15) is 33.3 Å². The number of carbonyl (C=O) groups is 1. The van der Waals surface area contributed by atoms with Gasteiger partial charge in [0.25, 0.3) is 0 Å². The average molecular weight is 446 g/mol. The third-order valence-corrected chi connectivity index (χ3v) is 7.12. The molecule has 0 N–H and O–H groups in total. The number of ether oxygens (including phenoxy) is 2. The highest BCUT2D eigenvalue weighted by molar-refractivity contribution is 8.00. The molecule has 30 heavy (non-hydrogen) atoms. The summed E-state index contributed by atoms with van der Waals surface area (Å²) in [4.78, 5) is 26.0. The molecule has 0 bridgehead atoms. The van der Waals surface area contributed by atoms with E-state index in [9.17, 15) is 4.79 Å². The molecule has 3 aromatic rings. The van der Waals surface area contributed by atoms with E-state index in [1.165, 1.54) is 11.8 Å². The quantitative estimate of drug-likeness (QED) is 0.256. The first-order chi connectivity index (χ1) is 14.5. The van der Waals surface area contributed by atoms with Crippen molar-refractivity contribution in [1.29, 1.82) is 0 Å². The molecule has 6 nitrogen and oxygen atoms in total.